The Morgan fingerprint density at radius 2 is 2.25 bits per heavy atom. The average Bonchev–Trinajstić information content (AvgIpc) is 2.86. The highest BCUT2D eigenvalue weighted by molar-refractivity contribution is 7.14. The summed E-state index contributed by atoms with van der Waals surface area (Å²) in [6.07, 6.45) is 0. The first-order valence-electron chi connectivity index (χ1n) is 4.07. The van der Waals surface area contributed by atoms with Crippen molar-refractivity contribution in [3.05, 3.63) is 28.1 Å². The van der Waals surface area contributed by atoms with Gasteiger partial charge in [0.05, 0.1) is 5.56 Å². The van der Waals surface area contributed by atoms with Crippen molar-refractivity contribution in [2.24, 2.45) is 0 Å². The molecular weight excluding hydrogens is 250 g/mol. The number of rotatable bonds is 3. The topological polar surface area (TPSA) is 92.2 Å². The van der Waals surface area contributed by atoms with Gasteiger partial charge in [-0.3, -0.25) is 4.79 Å². The Bertz CT molecular complexity index is 520. The molecule has 0 aliphatic carbocycles. The van der Waals surface area contributed by atoms with E-state index >= 15 is 0 Å². The van der Waals surface area contributed by atoms with E-state index in [2.05, 4.69) is 14.9 Å². The van der Waals surface area contributed by atoms with Gasteiger partial charge in [0.2, 0.25) is 0 Å². The molecule has 8 heteroatoms. The Morgan fingerprint density at radius 1 is 1.44 bits per heavy atom. The van der Waals surface area contributed by atoms with Crippen LogP contribution in [0.2, 0.25) is 0 Å². The number of amides is 1. The molecule has 0 aliphatic rings. The van der Waals surface area contributed by atoms with E-state index in [1.807, 2.05) is 0 Å². The van der Waals surface area contributed by atoms with Crippen molar-refractivity contribution < 1.29 is 14.7 Å². The van der Waals surface area contributed by atoms with Crippen LogP contribution >= 0.6 is 22.9 Å². The molecule has 0 unspecified atom stereocenters. The molecule has 0 saturated carbocycles. The summed E-state index contributed by atoms with van der Waals surface area (Å²) in [6, 6.07) is 1.43. The molecule has 16 heavy (non-hydrogen) atoms. The number of aromatic nitrogens is 2. The molecule has 0 fully saturated rings. The van der Waals surface area contributed by atoms with Crippen LogP contribution in [0.15, 0.2) is 16.8 Å². The number of carbonyl (C=O) groups excluding carboxylic acids is 1. The second-order valence-corrected chi connectivity index (χ2v) is 4.24. The smallest absolute Gasteiger partial charge is 0.338 e. The lowest BCUT2D eigenvalue weighted by Crippen LogP contribution is -2.13. The van der Waals surface area contributed by atoms with Crippen molar-refractivity contribution in [3.8, 4) is 0 Å². The van der Waals surface area contributed by atoms with Crippen molar-refractivity contribution in [2.75, 3.05) is 5.32 Å². The van der Waals surface area contributed by atoms with Crippen LogP contribution in [0.1, 0.15) is 20.8 Å². The SMILES string of the molecule is O=C(Nc1sccc1C(=O)O)c1csnn1. The maximum atomic E-state index is 11.6. The van der Waals surface area contributed by atoms with Gasteiger partial charge in [0, 0.05) is 5.38 Å². The number of hydrogen-bond donors (Lipinski definition) is 2. The predicted octanol–water partition coefficient (Wildman–Crippen LogP) is 1.55. The molecular formula is C8H5N3O3S2. The molecule has 2 rings (SSSR count). The van der Waals surface area contributed by atoms with Gasteiger partial charge in [0.15, 0.2) is 5.69 Å². The highest BCUT2D eigenvalue weighted by Crippen LogP contribution is 2.23. The molecule has 0 atom stereocenters. The van der Waals surface area contributed by atoms with Gasteiger partial charge in [0.25, 0.3) is 5.91 Å². The van der Waals surface area contributed by atoms with Crippen LogP contribution < -0.4 is 5.32 Å². The number of carbonyl (C=O) groups is 2. The van der Waals surface area contributed by atoms with Gasteiger partial charge < -0.3 is 10.4 Å². The summed E-state index contributed by atoms with van der Waals surface area (Å²) in [5, 5.41) is 18.3. The van der Waals surface area contributed by atoms with E-state index in [1.54, 1.807) is 5.38 Å². The summed E-state index contributed by atoms with van der Waals surface area (Å²) in [4.78, 5) is 22.3. The van der Waals surface area contributed by atoms with Crippen molar-refractivity contribution in [2.45, 2.75) is 0 Å². The maximum absolute atomic E-state index is 11.6. The van der Waals surface area contributed by atoms with Gasteiger partial charge in [-0.25, -0.2) is 4.79 Å². The normalized spacial score (nSPS) is 10.0. The first-order valence-corrected chi connectivity index (χ1v) is 5.79. The van der Waals surface area contributed by atoms with Gasteiger partial charge in [0.1, 0.15) is 5.00 Å². The van der Waals surface area contributed by atoms with E-state index in [9.17, 15) is 9.59 Å². The average molecular weight is 255 g/mol. The highest BCUT2D eigenvalue weighted by Gasteiger charge is 2.15. The van der Waals surface area contributed by atoms with Gasteiger partial charge in [-0.05, 0) is 23.0 Å². The fourth-order valence-corrected chi connectivity index (χ4v) is 2.22. The molecule has 0 aromatic carbocycles. The van der Waals surface area contributed by atoms with E-state index in [0.717, 1.165) is 22.9 Å². The summed E-state index contributed by atoms with van der Waals surface area (Å²) in [5.41, 5.74) is 0.247. The number of hydrogen-bond acceptors (Lipinski definition) is 6. The first kappa shape index (κ1) is 10.7. The lowest BCUT2D eigenvalue weighted by atomic mass is 10.3. The third-order valence-corrected chi connectivity index (χ3v) is 3.05. The summed E-state index contributed by atoms with van der Waals surface area (Å²) in [7, 11) is 0. The Balaban J connectivity index is 2.18. The monoisotopic (exact) mass is 255 g/mol. The summed E-state index contributed by atoms with van der Waals surface area (Å²) >= 11 is 2.20. The quantitative estimate of drug-likeness (QED) is 0.868. The van der Waals surface area contributed by atoms with Gasteiger partial charge in [-0.15, -0.1) is 16.4 Å². The third-order valence-electron chi connectivity index (χ3n) is 1.72. The minimum atomic E-state index is -1.08. The van der Waals surface area contributed by atoms with Crippen LogP contribution in [0.25, 0.3) is 0 Å². The number of nitrogens with zero attached hydrogens (tertiary/aromatic N) is 2. The number of anilines is 1. The summed E-state index contributed by atoms with van der Waals surface area (Å²) in [6.45, 7) is 0. The molecule has 2 N–H and O–H groups in total. The van der Waals surface area contributed by atoms with E-state index in [0.29, 0.717) is 5.00 Å². The largest absolute Gasteiger partial charge is 0.478 e. The van der Waals surface area contributed by atoms with Crippen molar-refractivity contribution in [3.63, 3.8) is 0 Å². The van der Waals surface area contributed by atoms with E-state index < -0.39 is 11.9 Å². The molecule has 1 amide bonds. The lowest BCUT2D eigenvalue weighted by Gasteiger charge is -2.00. The van der Waals surface area contributed by atoms with E-state index in [4.69, 9.17) is 5.11 Å². The van der Waals surface area contributed by atoms with Crippen LogP contribution in [0.4, 0.5) is 5.00 Å². The van der Waals surface area contributed by atoms with Crippen molar-refractivity contribution in [1.82, 2.24) is 9.59 Å². The first-order chi connectivity index (χ1) is 7.68. The molecule has 2 aromatic rings. The minimum absolute atomic E-state index is 0.0709. The molecule has 0 aliphatic heterocycles. The zero-order chi connectivity index (χ0) is 11.5. The van der Waals surface area contributed by atoms with Crippen molar-refractivity contribution in [1.29, 1.82) is 0 Å². The van der Waals surface area contributed by atoms with E-state index in [1.165, 1.54) is 11.4 Å². The molecule has 0 bridgehead atoms. The van der Waals surface area contributed by atoms with Crippen LogP contribution in [-0.2, 0) is 0 Å². The Hall–Kier alpha value is -1.80. The second-order valence-electron chi connectivity index (χ2n) is 2.71. The van der Waals surface area contributed by atoms with Crippen molar-refractivity contribution >= 4 is 39.7 Å². The lowest BCUT2D eigenvalue weighted by molar-refractivity contribution is 0.0698. The van der Waals surface area contributed by atoms with E-state index in [-0.39, 0.29) is 11.3 Å². The van der Waals surface area contributed by atoms with Crippen LogP contribution in [0.5, 0.6) is 0 Å². The minimum Gasteiger partial charge on any atom is -0.478 e. The number of carboxylic acid groups (broad SMARTS) is 1. The predicted molar refractivity (Wildman–Crippen MR) is 59.1 cm³/mol. The standard InChI is InChI=1S/C8H5N3O3S2/c12-6(5-3-16-11-10-5)9-7-4(8(13)14)1-2-15-7/h1-3H,(H,9,12)(H,13,14). The highest BCUT2D eigenvalue weighted by atomic mass is 32.1. The number of aromatic carboxylic acids is 1. The number of carboxylic acids is 1. The van der Waals surface area contributed by atoms with Gasteiger partial charge >= 0.3 is 5.97 Å². The molecule has 0 saturated heterocycles. The molecule has 0 spiro atoms. The molecule has 82 valence electrons. The second kappa shape index (κ2) is 4.37. The van der Waals surface area contributed by atoms with Gasteiger partial charge in [-0.1, -0.05) is 4.49 Å². The van der Waals surface area contributed by atoms with Crippen LogP contribution in [-0.4, -0.2) is 26.6 Å². The van der Waals surface area contributed by atoms with Crippen LogP contribution in [0, 0.1) is 0 Å². The van der Waals surface area contributed by atoms with Gasteiger partial charge in [-0.2, -0.15) is 0 Å². The molecule has 6 nitrogen and oxygen atoms in total. The number of thiophene rings is 1. The zero-order valence-electron chi connectivity index (χ0n) is 7.71. The molecule has 2 heterocycles. The fraction of sp³-hybridized carbons (Fsp3) is 0. The Kier molecular flexibility index (Phi) is 2.93. The maximum Gasteiger partial charge on any atom is 0.338 e. The summed E-state index contributed by atoms with van der Waals surface area (Å²) in [5.74, 6) is -1.54. The Morgan fingerprint density at radius 3 is 2.88 bits per heavy atom. The summed E-state index contributed by atoms with van der Waals surface area (Å²) < 4.78 is 3.55. The van der Waals surface area contributed by atoms with Crippen LogP contribution in [0.3, 0.4) is 0 Å². The Labute approximate surface area is 97.7 Å². The fourth-order valence-electron chi connectivity index (χ4n) is 1.01. The zero-order valence-corrected chi connectivity index (χ0v) is 9.34. The third kappa shape index (κ3) is 2.07. The molecule has 2 aromatic heterocycles. The molecule has 0 radical (unpaired) electrons. The number of nitrogens with one attached hydrogen (secondary N) is 1.